The van der Waals surface area contributed by atoms with Crippen LogP contribution in [0.1, 0.15) is 5.56 Å². The molecule has 3 rings (SSSR count). The molecule has 0 aliphatic heterocycles. The Kier molecular flexibility index (Phi) is 4.69. The molecule has 7 nitrogen and oxygen atoms in total. The predicted molar refractivity (Wildman–Crippen MR) is 89.6 cm³/mol. The number of benzene rings is 1. The van der Waals surface area contributed by atoms with Gasteiger partial charge in [-0.2, -0.15) is 0 Å². The first kappa shape index (κ1) is 16.6. The summed E-state index contributed by atoms with van der Waals surface area (Å²) in [5, 5.41) is 10.4. The summed E-state index contributed by atoms with van der Waals surface area (Å²) in [6, 6.07) is 8.12. The second-order valence-corrected chi connectivity index (χ2v) is 5.42. The third kappa shape index (κ3) is 3.97. The molecule has 0 unspecified atom stereocenters. The largest absolute Gasteiger partial charge is 0.481 e. The minimum Gasteiger partial charge on any atom is -0.481 e. The van der Waals surface area contributed by atoms with Gasteiger partial charge in [-0.1, -0.05) is 11.3 Å². The summed E-state index contributed by atoms with van der Waals surface area (Å²) in [4.78, 5) is 16.1. The maximum atomic E-state index is 13.8. The number of ether oxygens (including phenoxy) is 1. The fourth-order valence-corrected chi connectivity index (χ4v) is 2.22. The molecule has 2 heterocycles. The van der Waals surface area contributed by atoms with E-state index < -0.39 is 11.7 Å². The van der Waals surface area contributed by atoms with Crippen LogP contribution in [0.15, 0.2) is 42.7 Å². The van der Waals surface area contributed by atoms with E-state index in [9.17, 15) is 9.18 Å². The van der Waals surface area contributed by atoms with E-state index in [2.05, 4.69) is 20.6 Å². The van der Waals surface area contributed by atoms with Crippen LogP contribution in [-0.2, 0) is 11.3 Å². The second-order valence-electron chi connectivity index (χ2n) is 5.42. The molecular formula is C17H16FN5O2. The number of aromatic nitrogens is 4. The molecule has 0 saturated carbocycles. The van der Waals surface area contributed by atoms with Crippen LogP contribution in [0.2, 0.25) is 0 Å². The average Bonchev–Trinajstić information content (AvgIpc) is 3.06. The Balaban J connectivity index is 1.67. The van der Waals surface area contributed by atoms with E-state index in [-0.39, 0.29) is 12.2 Å². The summed E-state index contributed by atoms with van der Waals surface area (Å²) in [5.41, 5.74) is 2.24. The van der Waals surface area contributed by atoms with E-state index in [0.717, 1.165) is 11.1 Å². The van der Waals surface area contributed by atoms with Gasteiger partial charge in [0, 0.05) is 17.8 Å². The minimum atomic E-state index is -0.475. The molecular weight excluding hydrogens is 325 g/mol. The first-order chi connectivity index (χ1) is 12.0. The molecule has 0 aliphatic rings. The lowest BCUT2D eigenvalue weighted by molar-refractivity contribution is -0.116. The van der Waals surface area contributed by atoms with Crippen molar-refractivity contribution >= 4 is 11.6 Å². The van der Waals surface area contributed by atoms with Crippen LogP contribution < -0.4 is 10.1 Å². The van der Waals surface area contributed by atoms with Crippen molar-refractivity contribution in [2.24, 2.45) is 0 Å². The van der Waals surface area contributed by atoms with Gasteiger partial charge in [-0.15, -0.1) is 5.10 Å². The summed E-state index contributed by atoms with van der Waals surface area (Å²) in [7, 11) is 1.54. The molecule has 0 radical (unpaired) electrons. The number of hydrogen-bond donors (Lipinski definition) is 1. The second kappa shape index (κ2) is 7.08. The topological polar surface area (TPSA) is 81.9 Å². The Morgan fingerprint density at radius 1 is 1.32 bits per heavy atom. The Morgan fingerprint density at radius 2 is 2.16 bits per heavy atom. The lowest BCUT2D eigenvalue weighted by Crippen LogP contribution is -2.19. The molecule has 0 atom stereocenters. The first-order valence-corrected chi connectivity index (χ1v) is 7.51. The van der Waals surface area contributed by atoms with Gasteiger partial charge in [0.1, 0.15) is 18.1 Å². The third-order valence-electron chi connectivity index (χ3n) is 3.48. The molecule has 0 aliphatic carbocycles. The van der Waals surface area contributed by atoms with Gasteiger partial charge >= 0.3 is 0 Å². The highest BCUT2D eigenvalue weighted by molar-refractivity contribution is 5.90. The number of pyridine rings is 1. The molecule has 1 aromatic carbocycles. The van der Waals surface area contributed by atoms with Crippen LogP contribution in [0, 0.1) is 12.7 Å². The number of carbonyl (C=O) groups is 1. The van der Waals surface area contributed by atoms with E-state index in [0.29, 0.717) is 11.6 Å². The van der Waals surface area contributed by atoms with E-state index >= 15 is 0 Å². The number of methoxy groups -OCH3 is 1. The molecule has 3 aromatic rings. The zero-order valence-corrected chi connectivity index (χ0v) is 13.7. The molecule has 0 spiro atoms. The van der Waals surface area contributed by atoms with Crippen LogP contribution in [0.4, 0.5) is 10.1 Å². The molecule has 0 fully saturated rings. The van der Waals surface area contributed by atoms with Crippen molar-refractivity contribution in [2.75, 3.05) is 12.4 Å². The highest BCUT2D eigenvalue weighted by atomic mass is 19.1. The Morgan fingerprint density at radius 3 is 2.84 bits per heavy atom. The van der Waals surface area contributed by atoms with Gasteiger partial charge in [0.15, 0.2) is 0 Å². The third-order valence-corrected chi connectivity index (χ3v) is 3.48. The summed E-state index contributed by atoms with van der Waals surface area (Å²) < 4.78 is 20.1. The quantitative estimate of drug-likeness (QED) is 0.771. The molecule has 0 bridgehead atoms. The normalized spacial score (nSPS) is 10.5. The fraction of sp³-hybridized carbons (Fsp3) is 0.176. The van der Waals surface area contributed by atoms with Crippen LogP contribution in [0.5, 0.6) is 5.88 Å². The number of halogens is 1. The van der Waals surface area contributed by atoms with Crippen molar-refractivity contribution in [3.05, 3.63) is 54.1 Å². The lowest BCUT2D eigenvalue weighted by Gasteiger charge is -2.06. The number of amides is 1. The van der Waals surface area contributed by atoms with Crippen molar-refractivity contribution in [1.82, 2.24) is 20.0 Å². The molecule has 8 heteroatoms. The van der Waals surface area contributed by atoms with Crippen molar-refractivity contribution in [3.8, 4) is 17.1 Å². The molecule has 128 valence electrons. The zero-order chi connectivity index (χ0) is 17.8. The van der Waals surface area contributed by atoms with E-state index in [1.54, 1.807) is 37.5 Å². The van der Waals surface area contributed by atoms with Gasteiger partial charge < -0.3 is 10.1 Å². The SMILES string of the molecule is COc1ccc(-c2cn(CC(=O)Nc3ccc(C)cc3F)nn2)cn1. The predicted octanol–water partition coefficient (Wildman–Crippen LogP) is 2.43. The Hall–Kier alpha value is -3.29. The van der Waals surface area contributed by atoms with Gasteiger partial charge in [-0.25, -0.2) is 14.1 Å². The maximum absolute atomic E-state index is 13.8. The summed E-state index contributed by atoms with van der Waals surface area (Å²) in [6.07, 6.45) is 3.23. The lowest BCUT2D eigenvalue weighted by atomic mass is 10.2. The molecule has 2 aromatic heterocycles. The number of rotatable bonds is 5. The number of anilines is 1. The number of carbonyl (C=O) groups excluding carboxylic acids is 1. The highest BCUT2D eigenvalue weighted by Gasteiger charge is 2.10. The van der Waals surface area contributed by atoms with E-state index in [1.165, 1.54) is 23.9 Å². The van der Waals surface area contributed by atoms with Crippen LogP contribution >= 0.6 is 0 Å². The maximum Gasteiger partial charge on any atom is 0.246 e. The van der Waals surface area contributed by atoms with Gasteiger partial charge in [0.25, 0.3) is 0 Å². The Labute approximate surface area is 143 Å². The van der Waals surface area contributed by atoms with Crippen molar-refractivity contribution in [2.45, 2.75) is 13.5 Å². The summed E-state index contributed by atoms with van der Waals surface area (Å²) >= 11 is 0. The van der Waals surface area contributed by atoms with Crippen molar-refractivity contribution < 1.29 is 13.9 Å². The van der Waals surface area contributed by atoms with E-state index in [4.69, 9.17) is 4.74 Å². The zero-order valence-electron chi connectivity index (χ0n) is 13.7. The van der Waals surface area contributed by atoms with Crippen LogP contribution in [-0.4, -0.2) is 33.0 Å². The van der Waals surface area contributed by atoms with Crippen molar-refractivity contribution in [1.29, 1.82) is 0 Å². The first-order valence-electron chi connectivity index (χ1n) is 7.51. The van der Waals surface area contributed by atoms with E-state index in [1.807, 2.05) is 0 Å². The minimum absolute atomic E-state index is 0.0795. The van der Waals surface area contributed by atoms with Gasteiger partial charge in [-0.05, 0) is 30.7 Å². The van der Waals surface area contributed by atoms with Crippen molar-refractivity contribution in [3.63, 3.8) is 0 Å². The highest BCUT2D eigenvalue weighted by Crippen LogP contribution is 2.18. The standard InChI is InChI=1S/C17H16FN5O2/c1-11-3-5-14(13(18)7-11)20-16(24)10-23-9-15(21-22-23)12-4-6-17(25-2)19-8-12/h3-9H,10H2,1-2H3,(H,20,24). The average molecular weight is 341 g/mol. The Bertz CT molecular complexity index is 892. The summed E-state index contributed by atoms with van der Waals surface area (Å²) in [6.45, 7) is 1.70. The number of aryl methyl sites for hydroxylation is 1. The van der Waals surface area contributed by atoms with Gasteiger partial charge in [0.05, 0.1) is 19.0 Å². The number of nitrogens with one attached hydrogen (secondary N) is 1. The van der Waals surface area contributed by atoms with Crippen LogP contribution in [0.3, 0.4) is 0 Å². The number of hydrogen-bond acceptors (Lipinski definition) is 5. The fourth-order valence-electron chi connectivity index (χ4n) is 2.22. The van der Waals surface area contributed by atoms with Crippen LogP contribution in [0.25, 0.3) is 11.3 Å². The van der Waals surface area contributed by atoms with Gasteiger partial charge in [0.2, 0.25) is 11.8 Å². The van der Waals surface area contributed by atoms with Gasteiger partial charge in [-0.3, -0.25) is 4.79 Å². The monoisotopic (exact) mass is 341 g/mol. The smallest absolute Gasteiger partial charge is 0.246 e. The number of nitrogens with zero attached hydrogens (tertiary/aromatic N) is 4. The molecule has 25 heavy (non-hydrogen) atoms. The summed E-state index contributed by atoms with van der Waals surface area (Å²) in [5.74, 6) is -0.375. The molecule has 0 saturated heterocycles. The molecule has 1 amide bonds. The molecule has 1 N–H and O–H groups in total.